The number of hydrogen-bond donors (Lipinski definition) is 2. The third-order valence-electron chi connectivity index (χ3n) is 4.72. The molecule has 0 bridgehead atoms. The number of nitrogens with zero attached hydrogens (tertiary/aromatic N) is 2. The molecule has 0 saturated carbocycles. The van der Waals surface area contributed by atoms with Crippen molar-refractivity contribution in [2.24, 2.45) is 0 Å². The third kappa shape index (κ3) is 2.76. The van der Waals surface area contributed by atoms with Gasteiger partial charge in [0.25, 0.3) is 0 Å². The molecule has 22 heavy (non-hydrogen) atoms. The fourth-order valence-electron chi connectivity index (χ4n) is 3.50. The number of aryl methyl sites for hydroxylation is 1. The second-order valence-corrected chi connectivity index (χ2v) is 5.92. The zero-order chi connectivity index (χ0) is 15.7. The maximum Gasteiger partial charge on any atom is 0.407 e. The monoisotopic (exact) mass is 306 g/mol. The molecule has 0 aromatic heterocycles. The van der Waals surface area contributed by atoms with Crippen molar-refractivity contribution in [3.05, 3.63) is 29.3 Å². The number of ether oxygens (including phenoxy) is 1. The van der Waals surface area contributed by atoms with Crippen LogP contribution in [0.2, 0.25) is 0 Å². The Morgan fingerprint density at radius 1 is 1.27 bits per heavy atom. The van der Waals surface area contributed by atoms with Crippen molar-refractivity contribution >= 4 is 6.09 Å². The highest BCUT2D eigenvalue weighted by Gasteiger charge is 2.35. The molecule has 0 radical (unpaired) electrons. The molecule has 2 N–H and O–H groups in total. The number of carbonyl (C=O) groups is 1. The Labute approximate surface area is 129 Å². The van der Waals surface area contributed by atoms with Crippen LogP contribution in [0.25, 0.3) is 0 Å². The van der Waals surface area contributed by atoms with Crippen molar-refractivity contribution in [1.29, 1.82) is 0 Å². The van der Waals surface area contributed by atoms with Crippen LogP contribution in [0, 0.1) is 0 Å². The van der Waals surface area contributed by atoms with Crippen molar-refractivity contribution in [1.82, 2.24) is 9.80 Å². The van der Waals surface area contributed by atoms with Gasteiger partial charge in [-0.3, -0.25) is 4.90 Å². The predicted molar refractivity (Wildman–Crippen MR) is 81.2 cm³/mol. The van der Waals surface area contributed by atoms with Crippen LogP contribution in [0.4, 0.5) is 4.79 Å². The molecule has 1 amide bonds. The molecule has 1 saturated heterocycles. The predicted octanol–water partition coefficient (Wildman–Crippen LogP) is 1.34. The van der Waals surface area contributed by atoms with E-state index in [1.807, 2.05) is 12.1 Å². The van der Waals surface area contributed by atoms with Gasteiger partial charge >= 0.3 is 6.09 Å². The molecule has 2 atom stereocenters. The zero-order valence-corrected chi connectivity index (χ0v) is 12.7. The summed E-state index contributed by atoms with van der Waals surface area (Å²) in [7, 11) is 1.64. The number of methoxy groups -OCH3 is 1. The lowest BCUT2D eigenvalue weighted by Crippen LogP contribution is -2.52. The third-order valence-corrected chi connectivity index (χ3v) is 4.72. The molecule has 1 aliphatic carbocycles. The largest absolute Gasteiger partial charge is 0.497 e. The van der Waals surface area contributed by atoms with E-state index < -0.39 is 12.2 Å². The van der Waals surface area contributed by atoms with Gasteiger partial charge in [0.15, 0.2) is 0 Å². The molecule has 1 aliphatic heterocycles. The minimum Gasteiger partial charge on any atom is -0.497 e. The van der Waals surface area contributed by atoms with Crippen molar-refractivity contribution in [3.63, 3.8) is 0 Å². The van der Waals surface area contributed by atoms with E-state index in [1.54, 1.807) is 7.11 Å². The summed E-state index contributed by atoms with van der Waals surface area (Å²) in [5, 5.41) is 19.5. The number of piperazine rings is 1. The molecule has 120 valence electrons. The van der Waals surface area contributed by atoms with Gasteiger partial charge in [-0.25, -0.2) is 4.79 Å². The Kier molecular flexibility index (Phi) is 4.22. The summed E-state index contributed by atoms with van der Waals surface area (Å²) in [6.07, 6.45) is 0.316. The molecule has 1 aromatic carbocycles. The van der Waals surface area contributed by atoms with E-state index in [2.05, 4.69) is 11.0 Å². The summed E-state index contributed by atoms with van der Waals surface area (Å²) in [5.74, 6) is 0.794. The molecule has 2 unspecified atom stereocenters. The standard InChI is InChI=1S/C16H22N2O4/c1-22-12-4-2-11-3-5-14(19)15(13(11)10-12)17-6-8-18(9-7-17)16(20)21/h2,4,10,14-15,19H,3,5-9H2,1H3,(H,20,21). The highest BCUT2D eigenvalue weighted by Crippen LogP contribution is 2.37. The van der Waals surface area contributed by atoms with E-state index in [0.717, 1.165) is 24.2 Å². The van der Waals surface area contributed by atoms with Crippen molar-refractivity contribution in [2.75, 3.05) is 33.3 Å². The van der Waals surface area contributed by atoms with Crippen LogP contribution in [0.5, 0.6) is 5.75 Å². The number of benzene rings is 1. The number of amides is 1. The summed E-state index contributed by atoms with van der Waals surface area (Å²) in [4.78, 5) is 14.6. The lowest BCUT2D eigenvalue weighted by atomic mass is 9.84. The van der Waals surface area contributed by atoms with Crippen LogP contribution < -0.4 is 4.74 Å². The van der Waals surface area contributed by atoms with E-state index in [9.17, 15) is 9.90 Å². The Bertz CT molecular complexity index is 555. The molecule has 2 aliphatic rings. The van der Waals surface area contributed by atoms with Gasteiger partial charge < -0.3 is 19.8 Å². The van der Waals surface area contributed by atoms with Gasteiger partial charge in [-0.15, -0.1) is 0 Å². The summed E-state index contributed by atoms with van der Waals surface area (Å²) < 4.78 is 5.31. The molecule has 0 spiro atoms. The molecule has 1 heterocycles. The van der Waals surface area contributed by atoms with Gasteiger partial charge in [-0.2, -0.15) is 0 Å². The first kappa shape index (κ1) is 15.1. The average Bonchev–Trinajstić information content (AvgIpc) is 2.54. The molecule has 6 nitrogen and oxygen atoms in total. The van der Waals surface area contributed by atoms with Crippen LogP contribution in [0.1, 0.15) is 23.6 Å². The van der Waals surface area contributed by atoms with Crippen molar-refractivity contribution < 1.29 is 19.7 Å². The second-order valence-electron chi connectivity index (χ2n) is 5.92. The van der Waals surface area contributed by atoms with E-state index in [4.69, 9.17) is 9.84 Å². The molecule has 6 heteroatoms. The highest BCUT2D eigenvalue weighted by atomic mass is 16.5. The fraction of sp³-hybridized carbons (Fsp3) is 0.562. The molecule has 1 aromatic rings. The zero-order valence-electron chi connectivity index (χ0n) is 12.7. The van der Waals surface area contributed by atoms with Crippen LogP contribution >= 0.6 is 0 Å². The van der Waals surface area contributed by atoms with Gasteiger partial charge in [-0.1, -0.05) is 6.07 Å². The van der Waals surface area contributed by atoms with Gasteiger partial charge in [0.1, 0.15) is 5.75 Å². The van der Waals surface area contributed by atoms with Crippen LogP contribution in [0.15, 0.2) is 18.2 Å². The number of rotatable bonds is 2. The lowest BCUT2D eigenvalue weighted by Gasteiger charge is -2.42. The fourth-order valence-corrected chi connectivity index (χ4v) is 3.50. The Balaban J connectivity index is 1.83. The lowest BCUT2D eigenvalue weighted by molar-refractivity contribution is 0.0106. The summed E-state index contributed by atoms with van der Waals surface area (Å²) in [5.41, 5.74) is 2.36. The van der Waals surface area contributed by atoms with E-state index in [1.165, 1.54) is 10.5 Å². The maximum atomic E-state index is 11.0. The summed E-state index contributed by atoms with van der Waals surface area (Å²) in [6, 6.07) is 5.96. The van der Waals surface area contributed by atoms with E-state index in [-0.39, 0.29) is 6.04 Å². The molecular formula is C16H22N2O4. The first-order valence-corrected chi connectivity index (χ1v) is 7.67. The Morgan fingerprint density at radius 2 is 2.00 bits per heavy atom. The number of fused-ring (bicyclic) bond motifs is 1. The van der Waals surface area contributed by atoms with Crippen LogP contribution in [0.3, 0.4) is 0 Å². The van der Waals surface area contributed by atoms with Gasteiger partial charge in [0, 0.05) is 26.2 Å². The molecular weight excluding hydrogens is 284 g/mol. The van der Waals surface area contributed by atoms with E-state index >= 15 is 0 Å². The van der Waals surface area contributed by atoms with Crippen LogP contribution in [-0.4, -0.2) is 65.5 Å². The van der Waals surface area contributed by atoms with E-state index in [0.29, 0.717) is 26.2 Å². The summed E-state index contributed by atoms with van der Waals surface area (Å²) in [6.45, 7) is 2.26. The normalized spacial score (nSPS) is 25.6. The smallest absolute Gasteiger partial charge is 0.407 e. The first-order valence-electron chi connectivity index (χ1n) is 7.67. The minimum atomic E-state index is -0.870. The maximum absolute atomic E-state index is 11.0. The van der Waals surface area contributed by atoms with Gasteiger partial charge in [-0.05, 0) is 36.1 Å². The highest BCUT2D eigenvalue weighted by molar-refractivity contribution is 5.65. The van der Waals surface area contributed by atoms with Gasteiger partial charge in [0.05, 0.1) is 19.3 Å². The Morgan fingerprint density at radius 3 is 2.64 bits per heavy atom. The Hall–Kier alpha value is -1.79. The van der Waals surface area contributed by atoms with Crippen LogP contribution in [-0.2, 0) is 6.42 Å². The number of aliphatic hydroxyl groups is 1. The quantitative estimate of drug-likeness (QED) is 0.862. The minimum absolute atomic E-state index is 0.0743. The van der Waals surface area contributed by atoms with Crippen molar-refractivity contribution in [3.8, 4) is 5.75 Å². The molecule has 1 fully saturated rings. The number of aliphatic hydroxyl groups excluding tert-OH is 1. The topological polar surface area (TPSA) is 73.2 Å². The first-order chi connectivity index (χ1) is 10.6. The number of hydrogen-bond acceptors (Lipinski definition) is 4. The number of carboxylic acid groups (broad SMARTS) is 1. The summed E-state index contributed by atoms with van der Waals surface area (Å²) >= 11 is 0. The van der Waals surface area contributed by atoms with Crippen molar-refractivity contribution in [2.45, 2.75) is 25.0 Å². The van der Waals surface area contributed by atoms with Gasteiger partial charge in [0.2, 0.25) is 0 Å². The molecule has 3 rings (SSSR count). The average molecular weight is 306 g/mol. The second kappa shape index (κ2) is 6.14. The SMILES string of the molecule is COc1ccc2c(c1)C(N1CCN(C(=O)O)CC1)C(O)CC2.